The Morgan fingerprint density at radius 2 is 1.50 bits per heavy atom. The normalized spacial score (nSPS) is 10.8. The standard InChI is InChI=1S/C18H22O2/c1-4-12-7-9-15(14(6-3)11-12)17-16(19)10-8-13(5-2)18(17)20/h7-11,19-20H,4-6H2,1-3H3. The third kappa shape index (κ3) is 2.51. The van der Waals surface area contributed by atoms with Gasteiger partial charge in [-0.05, 0) is 47.6 Å². The highest BCUT2D eigenvalue weighted by molar-refractivity contribution is 5.80. The molecule has 0 atom stereocenters. The molecule has 0 aliphatic rings. The van der Waals surface area contributed by atoms with E-state index in [-0.39, 0.29) is 11.5 Å². The van der Waals surface area contributed by atoms with Gasteiger partial charge >= 0.3 is 0 Å². The summed E-state index contributed by atoms with van der Waals surface area (Å²) in [6.07, 6.45) is 2.60. The highest BCUT2D eigenvalue weighted by atomic mass is 16.3. The number of aryl methyl sites for hydroxylation is 3. The quantitative estimate of drug-likeness (QED) is 0.861. The fourth-order valence-electron chi connectivity index (χ4n) is 2.58. The molecule has 2 N–H and O–H groups in total. The second kappa shape index (κ2) is 6.00. The lowest BCUT2D eigenvalue weighted by molar-refractivity contribution is 0.450. The van der Waals surface area contributed by atoms with Crippen molar-refractivity contribution in [2.45, 2.75) is 40.0 Å². The first kappa shape index (κ1) is 14.4. The van der Waals surface area contributed by atoms with Gasteiger partial charge in [-0.15, -0.1) is 0 Å². The number of aromatic hydroxyl groups is 2. The number of benzene rings is 2. The van der Waals surface area contributed by atoms with Crippen LogP contribution in [0.2, 0.25) is 0 Å². The largest absolute Gasteiger partial charge is 0.507 e. The fourth-order valence-corrected chi connectivity index (χ4v) is 2.58. The van der Waals surface area contributed by atoms with Crippen LogP contribution in [0, 0.1) is 0 Å². The molecule has 0 heterocycles. The molecule has 0 saturated heterocycles. The van der Waals surface area contributed by atoms with Gasteiger partial charge in [0.25, 0.3) is 0 Å². The van der Waals surface area contributed by atoms with Crippen molar-refractivity contribution in [1.29, 1.82) is 0 Å². The number of phenols is 2. The SMILES string of the molecule is CCc1ccc(-c2c(O)ccc(CC)c2O)c(CC)c1. The molecule has 0 aromatic heterocycles. The van der Waals surface area contributed by atoms with Crippen LogP contribution in [0.15, 0.2) is 30.3 Å². The number of rotatable bonds is 4. The maximum absolute atomic E-state index is 10.4. The maximum atomic E-state index is 10.4. The summed E-state index contributed by atoms with van der Waals surface area (Å²) in [4.78, 5) is 0. The van der Waals surface area contributed by atoms with E-state index in [1.54, 1.807) is 12.1 Å². The van der Waals surface area contributed by atoms with Crippen molar-refractivity contribution in [2.75, 3.05) is 0 Å². The Balaban J connectivity index is 2.67. The van der Waals surface area contributed by atoms with E-state index in [1.165, 1.54) is 5.56 Å². The van der Waals surface area contributed by atoms with Crippen LogP contribution in [0.1, 0.15) is 37.5 Å². The van der Waals surface area contributed by atoms with Crippen molar-refractivity contribution in [1.82, 2.24) is 0 Å². The Morgan fingerprint density at radius 3 is 2.10 bits per heavy atom. The number of hydrogen-bond donors (Lipinski definition) is 2. The maximum Gasteiger partial charge on any atom is 0.130 e. The van der Waals surface area contributed by atoms with Gasteiger partial charge in [-0.3, -0.25) is 0 Å². The molecule has 0 spiro atoms. The Kier molecular flexibility index (Phi) is 4.33. The monoisotopic (exact) mass is 270 g/mol. The third-order valence-corrected chi connectivity index (χ3v) is 3.85. The van der Waals surface area contributed by atoms with E-state index in [2.05, 4.69) is 26.0 Å². The van der Waals surface area contributed by atoms with Crippen LogP contribution in [-0.4, -0.2) is 10.2 Å². The lowest BCUT2D eigenvalue weighted by atomic mass is 9.92. The molecule has 0 bridgehead atoms. The van der Waals surface area contributed by atoms with Crippen molar-refractivity contribution in [3.8, 4) is 22.6 Å². The molecule has 2 aromatic carbocycles. The van der Waals surface area contributed by atoms with Crippen molar-refractivity contribution in [3.05, 3.63) is 47.0 Å². The summed E-state index contributed by atoms with van der Waals surface area (Å²) >= 11 is 0. The molecule has 106 valence electrons. The van der Waals surface area contributed by atoms with E-state index < -0.39 is 0 Å². The summed E-state index contributed by atoms with van der Waals surface area (Å²) < 4.78 is 0. The van der Waals surface area contributed by atoms with Crippen molar-refractivity contribution in [3.63, 3.8) is 0 Å². The summed E-state index contributed by atoms with van der Waals surface area (Å²) in [6, 6.07) is 9.67. The molecule has 0 aliphatic carbocycles. The summed E-state index contributed by atoms with van der Waals surface area (Å²) in [6.45, 7) is 6.22. The van der Waals surface area contributed by atoms with E-state index in [4.69, 9.17) is 0 Å². The van der Waals surface area contributed by atoms with Gasteiger partial charge in [0.05, 0.1) is 5.56 Å². The first-order valence-electron chi connectivity index (χ1n) is 7.28. The molecule has 0 saturated carbocycles. The van der Waals surface area contributed by atoms with E-state index in [0.717, 1.165) is 36.0 Å². The molecule has 20 heavy (non-hydrogen) atoms. The van der Waals surface area contributed by atoms with Crippen molar-refractivity contribution < 1.29 is 10.2 Å². The van der Waals surface area contributed by atoms with Crippen LogP contribution in [0.25, 0.3) is 11.1 Å². The van der Waals surface area contributed by atoms with Crippen molar-refractivity contribution in [2.24, 2.45) is 0 Å². The van der Waals surface area contributed by atoms with Crippen LogP contribution in [0.3, 0.4) is 0 Å². The summed E-state index contributed by atoms with van der Waals surface area (Å²) in [5.74, 6) is 0.338. The third-order valence-electron chi connectivity index (χ3n) is 3.85. The average molecular weight is 270 g/mol. The second-order valence-electron chi connectivity index (χ2n) is 5.02. The zero-order chi connectivity index (χ0) is 14.7. The summed E-state index contributed by atoms with van der Waals surface area (Å²) in [7, 11) is 0. The Labute approximate surface area is 120 Å². The van der Waals surface area contributed by atoms with Gasteiger partial charge in [0, 0.05) is 0 Å². The first-order valence-corrected chi connectivity index (χ1v) is 7.28. The lowest BCUT2D eigenvalue weighted by Crippen LogP contribution is -1.93. The van der Waals surface area contributed by atoms with Crippen LogP contribution >= 0.6 is 0 Å². The van der Waals surface area contributed by atoms with E-state index in [9.17, 15) is 10.2 Å². The predicted molar refractivity (Wildman–Crippen MR) is 83.3 cm³/mol. The van der Waals surface area contributed by atoms with E-state index in [0.29, 0.717) is 5.56 Å². The number of phenolic OH excluding ortho intramolecular Hbond substituents is 2. The van der Waals surface area contributed by atoms with Crippen molar-refractivity contribution >= 4 is 0 Å². The van der Waals surface area contributed by atoms with Gasteiger partial charge in [-0.25, -0.2) is 0 Å². The van der Waals surface area contributed by atoms with E-state index >= 15 is 0 Å². The minimum absolute atomic E-state index is 0.138. The molecular weight excluding hydrogens is 248 g/mol. The summed E-state index contributed by atoms with van der Waals surface area (Å²) in [5.41, 5.74) is 4.78. The predicted octanol–water partition coefficient (Wildman–Crippen LogP) is 4.45. The Morgan fingerprint density at radius 1 is 0.800 bits per heavy atom. The van der Waals surface area contributed by atoms with Gasteiger partial charge in [-0.2, -0.15) is 0 Å². The van der Waals surface area contributed by atoms with Gasteiger partial charge in [0.2, 0.25) is 0 Å². The van der Waals surface area contributed by atoms with Crippen LogP contribution in [-0.2, 0) is 19.3 Å². The lowest BCUT2D eigenvalue weighted by Gasteiger charge is -2.15. The van der Waals surface area contributed by atoms with Gasteiger partial charge in [0.15, 0.2) is 0 Å². The Bertz CT molecular complexity index is 615. The number of hydrogen-bond acceptors (Lipinski definition) is 2. The zero-order valence-electron chi connectivity index (χ0n) is 12.4. The second-order valence-corrected chi connectivity index (χ2v) is 5.02. The molecule has 0 aliphatic heterocycles. The van der Waals surface area contributed by atoms with Crippen LogP contribution in [0.5, 0.6) is 11.5 Å². The van der Waals surface area contributed by atoms with Gasteiger partial charge in [0.1, 0.15) is 11.5 Å². The molecule has 2 rings (SSSR count). The van der Waals surface area contributed by atoms with E-state index in [1.807, 2.05) is 13.0 Å². The summed E-state index contributed by atoms with van der Waals surface area (Å²) in [5, 5.41) is 20.6. The van der Waals surface area contributed by atoms with Gasteiger partial charge in [-0.1, -0.05) is 45.0 Å². The van der Waals surface area contributed by atoms with Gasteiger partial charge < -0.3 is 10.2 Å². The average Bonchev–Trinajstić information content (AvgIpc) is 2.47. The molecule has 0 amide bonds. The molecular formula is C18H22O2. The zero-order valence-corrected chi connectivity index (χ0v) is 12.4. The topological polar surface area (TPSA) is 40.5 Å². The molecule has 2 nitrogen and oxygen atoms in total. The smallest absolute Gasteiger partial charge is 0.130 e. The minimum Gasteiger partial charge on any atom is -0.507 e. The molecule has 2 aromatic rings. The highest BCUT2D eigenvalue weighted by Gasteiger charge is 2.16. The molecule has 2 heteroatoms. The minimum atomic E-state index is 0.138. The fraction of sp³-hybridized carbons (Fsp3) is 0.333. The van der Waals surface area contributed by atoms with Crippen LogP contribution < -0.4 is 0 Å². The van der Waals surface area contributed by atoms with Crippen LogP contribution in [0.4, 0.5) is 0 Å². The first-order chi connectivity index (χ1) is 9.62. The molecule has 0 fully saturated rings. The Hall–Kier alpha value is -1.96. The molecule has 0 unspecified atom stereocenters. The molecule has 0 radical (unpaired) electrons. The highest BCUT2D eigenvalue weighted by Crippen LogP contribution is 2.41.